The Morgan fingerprint density at radius 2 is 1.64 bits per heavy atom. The van der Waals surface area contributed by atoms with E-state index in [-0.39, 0.29) is 34.6 Å². The molecule has 0 saturated carbocycles. The maximum absolute atomic E-state index is 15.3. The van der Waals surface area contributed by atoms with Crippen LogP contribution in [0.2, 0.25) is 0 Å². The van der Waals surface area contributed by atoms with E-state index >= 15 is 4.39 Å². The molecule has 2 aromatic carbocycles. The van der Waals surface area contributed by atoms with Gasteiger partial charge in [0.05, 0.1) is 24.2 Å². The first-order valence-electron chi connectivity index (χ1n) is 16.6. The number of ether oxygens (including phenoxy) is 1. The zero-order valence-corrected chi connectivity index (χ0v) is 29.9. The average Bonchev–Trinajstić information content (AvgIpc) is 3.81. The van der Waals surface area contributed by atoms with Crippen LogP contribution < -0.4 is 5.73 Å². The number of guanidine groups is 1. The van der Waals surface area contributed by atoms with Crippen LogP contribution in [0.1, 0.15) is 84.7 Å². The van der Waals surface area contributed by atoms with Crippen molar-refractivity contribution < 1.29 is 40.7 Å². The number of alkyl halides is 5. The molecule has 0 aliphatic carbocycles. The Morgan fingerprint density at radius 3 is 2.23 bits per heavy atom. The summed E-state index contributed by atoms with van der Waals surface area (Å²) in [4.78, 5) is 37.6. The average molecular weight is 747 g/mol. The number of nitrogens with two attached hydrogens (primary N) is 1. The highest BCUT2D eigenvalue weighted by Gasteiger charge is 2.53. The van der Waals surface area contributed by atoms with Crippen LogP contribution in [-0.2, 0) is 19.9 Å². The highest BCUT2D eigenvalue weighted by atomic mass is 19.3. The highest BCUT2D eigenvalue weighted by molar-refractivity contribution is 6.07. The van der Waals surface area contributed by atoms with Crippen molar-refractivity contribution in [1.82, 2.24) is 29.4 Å². The van der Waals surface area contributed by atoms with Crippen LogP contribution in [0.4, 0.5) is 26.3 Å². The van der Waals surface area contributed by atoms with Gasteiger partial charge < -0.3 is 10.5 Å². The van der Waals surface area contributed by atoms with Crippen molar-refractivity contribution in [2.75, 3.05) is 6.61 Å². The third kappa shape index (κ3) is 8.08. The first-order chi connectivity index (χ1) is 24.7. The molecule has 11 nitrogen and oxygen atoms in total. The number of carbonyl (C=O) groups is 2. The van der Waals surface area contributed by atoms with Crippen LogP contribution in [0.15, 0.2) is 66.2 Å². The number of amides is 1. The van der Waals surface area contributed by atoms with E-state index < -0.39 is 71.8 Å². The molecule has 3 atom stereocenters. The summed E-state index contributed by atoms with van der Waals surface area (Å²) >= 11 is 0. The summed E-state index contributed by atoms with van der Waals surface area (Å²) in [7, 11) is 0. The largest absolute Gasteiger partial charge is 0.463 e. The van der Waals surface area contributed by atoms with E-state index in [1.165, 1.54) is 31.5 Å². The first kappa shape index (κ1) is 39.0. The van der Waals surface area contributed by atoms with Gasteiger partial charge in [-0.05, 0) is 47.6 Å². The zero-order chi connectivity index (χ0) is 39.0. The maximum Gasteiger partial charge on any atom is 0.335 e. The van der Waals surface area contributed by atoms with Gasteiger partial charge in [0.1, 0.15) is 24.9 Å². The summed E-state index contributed by atoms with van der Waals surface area (Å²) in [5, 5.41) is 7.16. The fraction of sp³-hybridized carbons (Fsp3) is 0.444. The smallest absolute Gasteiger partial charge is 0.335 e. The predicted molar refractivity (Wildman–Crippen MR) is 182 cm³/mol. The Labute approximate surface area is 301 Å². The van der Waals surface area contributed by atoms with E-state index in [2.05, 4.69) is 15.2 Å². The summed E-state index contributed by atoms with van der Waals surface area (Å²) in [5.74, 6) is -3.12. The van der Waals surface area contributed by atoms with Crippen molar-refractivity contribution in [3.8, 4) is 22.5 Å². The van der Waals surface area contributed by atoms with Gasteiger partial charge in [-0.2, -0.15) is 32.4 Å². The molecule has 1 aliphatic rings. The Hall–Kier alpha value is -5.22. The van der Waals surface area contributed by atoms with Crippen LogP contribution in [0.3, 0.4) is 0 Å². The van der Waals surface area contributed by atoms with Gasteiger partial charge >= 0.3 is 19.1 Å². The summed E-state index contributed by atoms with van der Waals surface area (Å²) in [6, 6.07) is 8.70. The van der Waals surface area contributed by atoms with E-state index in [9.17, 15) is 31.5 Å². The zero-order valence-electron chi connectivity index (χ0n) is 29.9. The Balaban J connectivity index is 1.59. The number of esters is 1. The number of nitrogens with zero attached hydrogens (tertiary/aromatic N) is 7. The van der Waals surface area contributed by atoms with Crippen molar-refractivity contribution in [3.05, 3.63) is 78.1 Å². The Bertz CT molecular complexity index is 1990. The summed E-state index contributed by atoms with van der Waals surface area (Å²) < 4.78 is 89.7. The van der Waals surface area contributed by atoms with E-state index in [4.69, 9.17) is 15.5 Å². The Morgan fingerprint density at radius 1 is 0.962 bits per heavy atom. The third-order valence-corrected chi connectivity index (χ3v) is 9.17. The van der Waals surface area contributed by atoms with Crippen LogP contribution in [0.25, 0.3) is 22.5 Å². The van der Waals surface area contributed by atoms with Crippen LogP contribution in [0.5, 0.6) is 0 Å². The van der Waals surface area contributed by atoms with Gasteiger partial charge in [-0.3, -0.25) is 14.5 Å². The lowest BCUT2D eigenvalue weighted by atomic mass is 9.75. The van der Waals surface area contributed by atoms with E-state index in [0.29, 0.717) is 21.4 Å². The van der Waals surface area contributed by atoms with Crippen LogP contribution in [0, 0.1) is 16.6 Å². The summed E-state index contributed by atoms with van der Waals surface area (Å²) in [6.07, 6.45) is 1.74. The summed E-state index contributed by atoms with van der Waals surface area (Å²) in [6.45, 7) is 3.55. The van der Waals surface area contributed by atoms with Crippen molar-refractivity contribution in [2.24, 2.45) is 21.6 Å². The lowest BCUT2D eigenvalue weighted by Crippen LogP contribution is -2.47. The first-order valence-corrected chi connectivity index (χ1v) is 16.6. The van der Waals surface area contributed by atoms with Crippen molar-refractivity contribution in [1.29, 1.82) is 0 Å². The minimum absolute atomic E-state index is 0.125. The third-order valence-electron chi connectivity index (χ3n) is 9.17. The lowest BCUT2D eigenvalue weighted by Gasteiger charge is -2.35. The molecule has 5 rings (SSSR count). The second kappa shape index (κ2) is 14.7. The molecule has 3 heterocycles. The molecule has 1 amide bonds. The van der Waals surface area contributed by atoms with Crippen molar-refractivity contribution in [2.45, 2.75) is 85.2 Å². The molecular weight excluding hydrogens is 706 g/mol. The van der Waals surface area contributed by atoms with Gasteiger partial charge in [0, 0.05) is 17.2 Å². The molecule has 0 radical (unpaired) electrons. The minimum Gasteiger partial charge on any atom is -0.463 e. The predicted octanol–water partition coefficient (Wildman–Crippen LogP) is 7.59. The van der Waals surface area contributed by atoms with Gasteiger partial charge in [0.15, 0.2) is 17.3 Å². The van der Waals surface area contributed by atoms with E-state index in [0.717, 1.165) is 17.3 Å². The number of carbonyl (C=O) groups excluding carboxylic acids is 2. The number of aromatic nitrogens is 5. The number of rotatable bonds is 13. The molecule has 17 heteroatoms. The topological polar surface area (TPSA) is 134 Å². The molecule has 0 bridgehead atoms. The second-order valence-electron chi connectivity index (χ2n) is 14.8. The van der Waals surface area contributed by atoms with E-state index in [1.807, 2.05) is 20.8 Å². The van der Waals surface area contributed by atoms with Crippen LogP contribution >= 0.6 is 0 Å². The fourth-order valence-electron chi connectivity index (χ4n) is 6.17. The molecule has 284 valence electrons. The van der Waals surface area contributed by atoms with E-state index in [1.54, 1.807) is 38.1 Å². The number of hydrogen-bond donors (Lipinski definition) is 1. The molecule has 4 aromatic rings. The molecule has 2 aromatic heterocycles. The Kier molecular flexibility index (Phi) is 10.8. The summed E-state index contributed by atoms with van der Waals surface area (Å²) in [5.41, 5.74) is 4.39. The molecule has 0 spiro atoms. The normalized spacial score (nSPS) is 17.8. The number of hydrogen-bond acceptors (Lipinski definition) is 8. The number of benzene rings is 2. The molecule has 53 heavy (non-hydrogen) atoms. The SMILES string of the molecule is CC(F)C(C)(C)CC(=O)OC[C@H](c1ccc(F)c(-c2ncnn2C(F)F)c1)N1C(=O)[C@@](CC(C)(C)C)(c2ccc(-c3cnn(C(F)F)c3)cc2)N=C1N. The molecule has 1 aliphatic heterocycles. The van der Waals surface area contributed by atoms with Gasteiger partial charge in [0.25, 0.3) is 5.91 Å². The van der Waals surface area contributed by atoms with Gasteiger partial charge in [0.2, 0.25) is 0 Å². The van der Waals surface area contributed by atoms with Crippen molar-refractivity contribution >= 4 is 17.8 Å². The minimum atomic E-state index is -3.15. The molecular formula is C36H40F6N8O3. The van der Waals surface area contributed by atoms with Gasteiger partial charge in [-0.1, -0.05) is 65.0 Å². The molecule has 1 unspecified atom stereocenters. The quantitative estimate of drug-likeness (QED) is 0.110. The molecule has 2 N–H and O–H groups in total. The van der Waals surface area contributed by atoms with Crippen molar-refractivity contribution in [3.63, 3.8) is 0 Å². The number of aliphatic imine (C=N–C) groups is 1. The standard InChI is InChI=1S/C36H40F6N8O3/c1-20(37)35(5,6)14-28(51)53-17-27(22-9-12-26(38)25(13-22)29-44-19-46-50(29)32(41)42)49-30(52)36(47-33(49)43,18-34(2,3)4)24-10-7-21(8-11-24)23-15-45-48(16-23)31(39)40/h7-13,15-16,19-20,27,31-32H,14,17-18H2,1-6H3,(H2,43,47)/t20?,27-,36-/m1/s1. The molecule has 0 saturated heterocycles. The fourth-order valence-corrected chi connectivity index (χ4v) is 6.17. The van der Waals surface area contributed by atoms with Gasteiger partial charge in [-0.15, -0.1) is 0 Å². The lowest BCUT2D eigenvalue weighted by molar-refractivity contribution is -0.150. The number of halogens is 6. The van der Waals surface area contributed by atoms with Crippen LogP contribution in [-0.4, -0.2) is 60.1 Å². The molecule has 0 fully saturated rings. The maximum atomic E-state index is 15.3. The highest BCUT2D eigenvalue weighted by Crippen LogP contribution is 2.45. The van der Waals surface area contributed by atoms with Gasteiger partial charge in [-0.25, -0.2) is 23.4 Å². The monoisotopic (exact) mass is 746 g/mol. The second-order valence-corrected chi connectivity index (χ2v) is 14.8.